The Labute approximate surface area is 107 Å². The van der Waals surface area contributed by atoms with Crippen molar-refractivity contribution >= 4 is 16.0 Å². The van der Waals surface area contributed by atoms with E-state index in [9.17, 15) is 13.2 Å². The summed E-state index contributed by atoms with van der Waals surface area (Å²) in [5, 5.41) is 8.43. The number of carboxylic acid groups (broad SMARTS) is 1. The summed E-state index contributed by atoms with van der Waals surface area (Å²) < 4.78 is 25.3. The van der Waals surface area contributed by atoms with Gasteiger partial charge in [-0.25, -0.2) is 13.1 Å². The van der Waals surface area contributed by atoms with Crippen molar-refractivity contribution in [3.63, 3.8) is 0 Å². The molecule has 0 saturated carbocycles. The SMILES string of the molecule is CCc1ccc(CNS(=O)(=O)CCC(=O)O)cc1. The van der Waals surface area contributed by atoms with Gasteiger partial charge in [-0.3, -0.25) is 4.79 Å². The maximum atomic E-state index is 11.5. The van der Waals surface area contributed by atoms with E-state index >= 15 is 0 Å². The molecule has 100 valence electrons. The molecule has 18 heavy (non-hydrogen) atoms. The van der Waals surface area contributed by atoms with Crippen LogP contribution >= 0.6 is 0 Å². The normalized spacial score (nSPS) is 11.4. The van der Waals surface area contributed by atoms with E-state index < -0.39 is 21.7 Å². The Morgan fingerprint density at radius 3 is 2.28 bits per heavy atom. The van der Waals surface area contributed by atoms with Crippen molar-refractivity contribution in [3.8, 4) is 0 Å². The van der Waals surface area contributed by atoms with Crippen molar-refractivity contribution in [1.82, 2.24) is 4.72 Å². The fourth-order valence-corrected chi connectivity index (χ4v) is 2.35. The number of aliphatic carboxylic acids is 1. The zero-order chi connectivity index (χ0) is 13.6. The number of benzene rings is 1. The maximum Gasteiger partial charge on any atom is 0.304 e. The number of carbonyl (C=O) groups is 1. The predicted octanol–water partition coefficient (Wildman–Crippen LogP) is 1.14. The third-order valence-corrected chi connectivity index (χ3v) is 3.84. The largest absolute Gasteiger partial charge is 0.481 e. The molecule has 0 fully saturated rings. The standard InChI is InChI=1S/C12H17NO4S/c1-2-10-3-5-11(6-4-10)9-13-18(16,17)8-7-12(14)15/h3-6,13H,2,7-9H2,1H3,(H,14,15). The first-order valence-electron chi connectivity index (χ1n) is 5.70. The van der Waals surface area contributed by atoms with Crippen molar-refractivity contribution in [3.05, 3.63) is 35.4 Å². The van der Waals surface area contributed by atoms with Gasteiger partial charge in [-0.05, 0) is 17.5 Å². The van der Waals surface area contributed by atoms with Gasteiger partial charge in [0.15, 0.2) is 0 Å². The number of sulfonamides is 1. The van der Waals surface area contributed by atoms with E-state index in [2.05, 4.69) is 4.72 Å². The second-order valence-electron chi connectivity index (χ2n) is 3.95. The van der Waals surface area contributed by atoms with Crippen LogP contribution in [0.1, 0.15) is 24.5 Å². The van der Waals surface area contributed by atoms with Gasteiger partial charge >= 0.3 is 5.97 Å². The quantitative estimate of drug-likeness (QED) is 0.779. The summed E-state index contributed by atoms with van der Waals surface area (Å²) in [5.41, 5.74) is 2.04. The summed E-state index contributed by atoms with van der Waals surface area (Å²) in [7, 11) is -3.52. The highest BCUT2D eigenvalue weighted by atomic mass is 32.2. The summed E-state index contributed by atoms with van der Waals surface area (Å²) >= 11 is 0. The Hall–Kier alpha value is -1.40. The van der Waals surface area contributed by atoms with Gasteiger partial charge in [0, 0.05) is 6.54 Å². The molecule has 2 N–H and O–H groups in total. The molecule has 0 aromatic heterocycles. The van der Waals surface area contributed by atoms with Gasteiger partial charge in [0.2, 0.25) is 10.0 Å². The van der Waals surface area contributed by atoms with Gasteiger partial charge in [-0.2, -0.15) is 0 Å². The average Bonchev–Trinajstić information content (AvgIpc) is 2.35. The first-order valence-corrected chi connectivity index (χ1v) is 7.35. The molecule has 0 aliphatic carbocycles. The van der Waals surface area contributed by atoms with E-state index in [-0.39, 0.29) is 13.0 Å². The first-order chi connectivity index (χ1) is 8.43. The maximum absolute atomic E-state index is 11.5. The topological polar surface area (TPSA) is 83.5 Å². The molecule has 0 atom stereocenters. The number of nitrogens with one attached hydrogen (secondary N) is 1. The molecule has 1 rings (SSSR count). The van der Waals surface area contributed by atoms with Gasteiger partial charge in [-0.15, -0.1) is 0 Å². The minimum Gasteiger partial charge on any atom is -0.481 e. The Bertz CT molecular complexity index is 493. The van der Waals surface area contributed by atoms with Crippen LogP contribution in [-0.4, -0.2) is 25.2 Å². The second kappa shape index (κ2) is 6.51. The number of hydrogen-bond donors (Lipinski definition) is 2. The molecule has 0 radical (unpaired) electrons. The summed E-state index contributed by atoms with van der Waals surface area (Å²) in [5.74, 6) is -1.51. The molecule has 1 aromatic rings. The summed E-state index contributed by atoms with van der Waals surface area (Å²) in [6, 6.07) is 7.61. The monoisotopic (exact) mass is 271 g/mol. The second-order valence-corrected chi connectivity index (χ2v) is 5.88. The van der Waals surface area contributed by atoms with Crippen molar-refractivity contribution < 1.29 is 18.3 Å². The lowest BCUT2D eigenvalue weighted by molar-refractivity contribution is -0.136. The van der Waals surface area contributed by atoms with Crippen LogP contribution in [0.5, 0.6) is 0 Å². The highest BCUT2D eigenvalue weighted by molar-refractivity contribution is 7.89. The van der Waals surface area contributed by atoms with Gasteiger partial charge in [0.25, 0.3) is 0 Å². The average molecular weight is 271 g/mol. The molecule has 0 amide bonds. The highest BCUT2D eigenvalue weighted by Crippen LogP contribution is 2.05. The van der Waals surface area contributed by atoms with Crippen LogP contribution in [0.15, 0.2) is 24.3 Å². The van der Waals surface area contributed by atoms with Crippen molar-refractivity contribution in [2.75, 3.05) is 5.75 Å². The van der Waals surface area contributed by atoms with Crippen LogP contribution in [0, 0.1) is 0 Å². The van der Waals surface area contributed by atoms with Crippen molar-refractivity contribution in [1.29, 1.82) is 0 Å². The third kappa shape index (κ3) is 5.29. The van der Waals surface area contributed by atoms with Gasteiger partial charge < -0.3 is 5.11 Å². The summed E-state index contributed by atoms with van der Waals surface area (Å²) in [6.45, 7) is 2.23. The molecule has 5 nitrogen and oxygen atoms in total. The smallest absolute Gasteiger partial charge is 0.304 e. The van der Waals surface area contributed by atoms with E-state index in [0.29, 0.717) is 0 Å². The van der Waals surface area contributed by atoms with Gasteiger partial charge in [0.05, 0.1) is 12.2 Å². The van der Waals surface area contributed by atoms with Crippen molar-refractivity contribution in [2.24, 2.45) is 0 Å². The van der Waals surface area contributed by atoms with E-state index in [1.165, 1.54) is 5.56 Å². The Balaban J connectivity index is 2.50. The molecular weight excluding hydrogens is 254 g/mol. The molecule has 0 unspecified atom stereocenters. The van der Waals surface area contributed by atoms with E-state index in [1.807, 2.05) is 31.2 Å². The molecule has 0 saturated heterocycles. The molecule has 0 aliphatic heterocycles. The fraction of sp³-hybridized carbons (Fsp3) is 0.417. The predicted molar refractivity (Wildman–Crippen MR) is 68.7 cm³/mol. The van der Waals surface area contributed by atoms with Crippen molar-refractivity contribution in [2.45, 2.75) is 26.3 Å². The third-order valence-electron chi connectivity index (χ3n) is 2.51. The van der Waals surface area contributed by atoms with Gasteiger partial charge in [0.1, 0.15) is 0 Å². The highest BCUT2D eigenvalue weighted by Gasteiger charge is 2.12. The first kappa shape index (κ1) is 14.7. The lowest BCUT2D eigenvalue weighted by Gasteiger charge is -2.06. The van der Waals surface area contributed by atoms with Crippen LogP contribution < -0.4 is 4.72 Å². The minimum absolute atomic E-state index is 0.186. The lowest BCUT2D eigenvalue weighted by atomic mass is 10.1. The van der Waals surface area contributed by atoms with Crippen LogP contribution in [-0.2, 0) is 27.8 Å². The minimum atomic E-state index is -3.52. The Morgan fingerprint density at radius 2 is 1.78 bits per heavy atom. The molecule has 6 heteroatoms. The van der Waals surface area contributed by atoms with E-state index in [1.54, 1.807) is 0 Å². The molecular formula is C12H17NO4S. The zero-order valence-electron chi connectivity index (χ0n) is 10.2. The summed E-state index contributed by atoms with van der Waals surface area (Å²) in [6.07, 6.45) is 0.550. The number of rotatable bonds is 7. The van der Waals surface area contributed by atoms with E-state index in [0.717, 1.165) is 12.0 Å². The number of carboxylic acids is 1. The van der Waals surface area contributed by atoms with E-state index in [4.69, 9.17) is 5.11 Å². The lowest BCUT2D eigenvalue weighted by Crippen LogP contribution is -2.27. The van der Waals surface area contributed by atoms with Crippen LogP contribution in [0.3, 0.4) is 0 Å². The fourth-order valence-electron chi connectivity index (χ4n) is 1.38. The summed E-state index contributed by atoms with van der Waals surface area (Å²) in [4.78, 5) is 10.3. The number of hydrogen-bond acceptors (Lipinski definition) is 3. The number of aryl methyl sites for hydroxylation is 1. The molecule has 1 aromatic carbocycles. The van der Waals surface area contributed by atoms with Gasteiger partial charge in [-0.1, -0.05) is 31.2 Å². The Kier molecular flexibility index (Phi) is 5.30. The molecule has 0 heterocycles. The molecule has 0 spiro atoms. The zero-order valence-corrected chi connectivity index (χ0v) is 11.0. The molecule has 0 bridgehead atoms. The van der Waals surface area contributed by atoms with Crippen LogP contribution in [0.2, 0.25) is 0 Å². The molecule has 0 aliphatic rings. The van der Waals surface area contributed by atoms with Crippen LogP contribution in [0.25, 0.3) is 0 Å². The van der Waals surface area contributed by atoms with Crippen LogP contribution in [0.4, 0.5) is 0 Å². The Morgan fingerprint density at radius 1 is 1.22 bits per heavy atom.